The number of rotatable bonds is 3. The minimum absolute atomic E-state index is 0.927. The van der Waals surface area contributed by atoms with Crippen LogP contribution in [0.3, 0.4) is 0 Å². The second-order valence-electron chi connectivity index (χ2n) is 5.37. The molecule has 0 radical (unpaired) electrons. The Morgan fingerprint density at radius 1 is 1.00 bits per heavy atom. The fraction of sp³-hybridized carbons (Fsp3) is 0.167. The summed E-state index contributed by atoms with van der Waals surface area (Å²) in [6.45, 7) is 6.38. The zero-order chi connectivity index (χ0) is 15.7. The second-order valence-corrected chi connectivity index (χ2v) is 7.49. The summed E-state index contributed by atoms with van der Waals surface area (Å²) in [6, 6.07) is 14.6. The van der Waals surface area contributed by atoms with Gasteiger partial charge in [-0.05, 0) is 56.7 Å². The van der Waals surface area contributed by atoms with Crippen LogP contribution in [0.25, 0.3) is 11.3 Å². The number of hydrogen-bond acceptors (Lipinski definition) is 3. The van der Waals surface area contributed by atoms with Gasteiger partial charge in [0, 0.05) is 20.6 Å². The molecule has 0 saturated heterocycles. The summed E-state index contributed by atoms with van der Waals surface area (Å²) in [4.78, 5) is 6.03. The summed E-state index contributed by atoms with van der Waals surface area (Å²) < 4.78 is 1.07. The van der Waals surface area contributed by atoms with E-state index in [0.29, 0.717) is 0 Å². The molecule has 3 aromatic rings. The first-order valence-corrected chi connectivity index (χ1v) is 8.71. The monoisotopic (exact) mass is 372 g/mol. The first kappa shape index (κ1) is 15.3. The van der Waals surface area contributed by atoms with E-state index in [2.05, 4.69) is 60.2 Å². The number of nitrogens with zero attached hydrogens (tertiary/aromatic N) is 1. The molecule has 0 saturated carbocycles. The summed E-state index contributed by atoms with van der Waals surface area (Å²) in [5.41, 5.74) is 5.86. The van der Waals surface area contributed by atoms with Gasteiger partial charge in [0.25, 0.3) is 0 Å². The van der Waals surface area contributed by atoms with Gasteiger partial charge in [0.15, 0.2) is 5.13 Å². The molecular formula is C18H17BrN2S. The molecule has 0 aliphatic heterocycles. The third-order valence-corrected chi connectivity index (χ3v) is 4.96. The average molecular weight is 373 g/mol. The van der Waals surface area contributed by atoms with Crippen LogP contribution in [-0.4, -0.2) is 4.98 Å². The first-order chi connectivity index (χ1) is 10.5. The number of aryl methyl sites for hydroxylation is 3. The highest BCUT2D eigenvalue weighted by molar-refractivity contribution is 9.10. The van der Waals surface area contributed by atoms with Crippen LogP contribution < -0.4 is 5.32 Å². The number of thiazole rings is 1. The topological polar surface area (TPSA) is 24.9 Å². The summed E-state index contributed by atoms with van der Waals surface area (Å²) in [7, 11) is 0. The summed E-state index contributed by atoms with van der Waals surface area (Å²) in [5, 5.41) is 4.31. The lowest BCUT2D eigenvalue weighted by atomic mass is 10.0. The lowest BCUT2D eigenvalue weighted by Gasteiger charge is -2.05. The van der Waals surface area contributed by atoms with E-state index in [-0.39, 0.29) is 0 Å². The van der Waals surface area contributed by atoms with Gasteiger partial charge in [-0.25, -0.2) is 4.98 Å². The van der Waals surface area contributed by atoms with E-state index in [9.17, 15) is 0 Å². The number of anilines is 2. The van der Waals surface area contributed by atoms with E-state index in [1.54, 1.807) is 11.3 Å². The molecule has 2 nitrogen and oxygen atoms in total. The highest BCUT2D eigenvalue weighted by Gasteiger charge is 2.12. The SMILES string of the molecule is Cc1ccc(C)c(-c2nc(Nc3ccc(Br)cc3)sc2C)c1. The Kier molecular flexibility index (Phi) is 4.32. The molecule has 0 aliphatic carbocycles. The number of nitrogens with one attached hydrogen (secondary N) is 1. The van der Waals surface area contributed by atoms with Crippen molar-refractivity contribution < 1.29 is 0 Å². The molecule has 0 atom stereocenters. The molecule has 1 aromatic heterocycles. The molecule has 0 aliphatic rings. The molecule has 112 valence electrons. The van der Waals surface area contributed by atoms with Crippen LogP contribution in [0, 0.1) is 20.8 Å². The van der Waals surface area contributed by atoms with Crippen molar-refractivity contribution in [2.45, 2.75) is 20.8 Å². The van der Waals surface area contributed by atoms with Crippen molar-refractivity contribution in [3.63, 3.8) is 0 Å². The fourth-order valence-corrected chi connectivity index (χ4v) is 3.46. The van der Waals surface area contributed by atoms with E-state index in [1.807, 2.05) is 24.3 Å². The molecule has 0 bridgehead atoms. The molecule has 0 fully saturated rings. The molecule has 0 amide bonds. The molecule has 2 aromatic carbocycles. The molecule has 0 spiro atoms. The Bertz CT molecular complexity index is 806. The summed E-state index contributed by atoms with van der Waals surface area (Å²) >= 11 is 5.14. The van der Waals surface area contributed by atoms with Gasteiger partial charge in [-0.1, -0.05) is 33.6 Å². The molecule has 3 rings (SSSR count). The van der Waals surface area contributed by atoms with Gasteiger partial charge in [0.1, 0.15) is 0 Å². The predicted octanol–water partition coefficient (Wildman–Crippen LogP) is 6.24. The Balaban J connectivity index is 1.93. The number of aromatic nitrogens is 1. The largest absolute Gasteiger partial charge is 0.332 e. The zero-order valence-electron chi connectivity index (χ0n) is 12.8. The lowest BCUT2D eigenvalue weighted by molar-refractivity contribution is 1.31. The van der Waals surface area contributed by atoms with E-state index >= 15 is 0 Å². The first-order valence-electron chi connectivity index (χ1n) is 7.10. The Morgan fingerprint density at radius 3 is 2.45 bits per heavy atom. The third kappa shape index (κ3) is 3.23. The Morgan fingerprint density at radius 2 is 1.73 bits per heavy atom. The highest BCUT2D eigenvalue weighted by Crippen LogP contribution is 2.34. The minimum Gasteiger partial charge on any atom is -0.332 e. The maximum atomic E-state index is 4.80. The van der Waals surface area contributed by atoms with Gasteiger partial charge >= 0.3 is 0 Å². The van der Waals surface area contributed by atoms with Crippen LogP contribution in [-0.2, 0) is 0 Å². The van der Waals surface area contributed by atoms with Gasteiger partial charge < -0.3 is 5.32 Å². The van der Waals surface area contributed by atoms with Crippen molar-refractivity contribution in [3.8, 4) is 11.3 Å². The smallest absolute Gasteiger partial charge is 0.187 e. The van der Waals surface area contributed by atoms with E-state index < -0.39 is 0 Å². The standard InChI is InChI=1S/C18H17BrN2S/c1-11-4-5-12(2)16(10-11)17-13(3)22-18(21-17)20-15-8-6-14(19)7-9-15/h4-10H,1-3H3,(H,20,21). The number of halogens is 1. The van der Waals surface area contributed by atoms with Crippen LogP contribution in [0.1, 0.15) is 16.0 Å². The second kappa shape index (κ2) is 6.23. The van der Waals surface area contributed by atoms with Crippen LogP contribution in [0.4, 0.5) is 10.8 Å². The molecule has 4 heteroatoms. The Labute approximate surface area is 143 Å². The van der Waals surface area contributed by atoms with Gasteiger partial charge in [0.2, 0.25) is 0 Å². The maximum absolute atomic E-state index is 4.80. The third-order valence-electron chi connectivity index (χ3n) is 3.54. The van der Waals surface area contributed by atoms with E-state index in [0.717, 1.165) is 21.0 Å². The molecular weight excluding hydrogens is 356 g/mol. The predicted molar refractivity (Wildman–Crippen MR) is 99.2 cm³/mol. The average Bonchev–Trinajstić information content (AvgIpc) is 2.84. The normalized spacial score (nSPS) is 10.7. The van der Waals surface area contributed by atoms with Crippen molar-refractivity contribution in [3.05, 3.63) is 62.9 Å². The van der Waals surface area contributed by atoms with Crippen LogP contribution >= 0.6 is 27.3 Å². The quantitative estimate of drug-likeness (QED) is 0.588. The highest BCUT2D eigenvalue weighted by atomic mass is 79.9. The van der Waals surface area contributed by atoms with Gasteiger partial charge in [-0.15, -0.1) is 11.3 Å². The van der Waals surface area contributed by atoms with E-state index in [4.69, 9.17) is 4.98 Å². The van der Waals surface area contributed by atoms with Crippen molar-refractivity contribution in [1.82, 2.24) is 4.98 Å². The van der Waals surface area contributed by atoms with Crippen LogP contribution in [0.15, 0.2) is 46.9 Å². The van der Waals surface area contributed by atoms with Crippen LogP contribution in [0.5, 0.6) is 0 Å². The Hall–Kier alpha value is -1.65. The molecule has 1 N–H and O–H groups in total. The van der Waals surface area contributed by atoms with Crippen molar-refractivity contribution >= 4 is 38.1 Å². The number of hydrogen-bond donors (Lipinski definition) is 1. The molecule has 0 unspecified atom stereocenters. The molecule has 22 heavy (non-hydrogen) atoms. The fourth-order valence-electron chi connectivity index (χ4n) is 2.35. The van der Waals surface area contributed by atoms with Gasteiger partial charge in [-0.2, -0.15) is 0 Å². The minimum atomic E-state index is 0.927. The van der Waals surface area contributed by atoms with Gasteiger partial charge in [-0.3, -0.25) is 0 Å². The molecule has 1 heterocycles. The summed E-state index contributed by atoms with van der Waals surface area (Å²) in [6.07, 6.45) is 0. The van der Waals surface area contributed by atoms with Crippen molar-refractivity contribution in [1.29, 1.82) is 0 Å². The van der Waals surface area contributed by atoms with Crippen molar-refractivity contribution in [2.24, 2.45) is 0 Å². The maximum Gasteiger partial charge on any atom is 0.187 e. The van der Waals surface area contributed by atoms with Gasteiger partial charge in [0.05, 0.1) is 5.69 Å². The lowest BCUT2D eigenvalue weighted by Crippen LogP contribution is -1.90. The summed E-state index contributed by atoms with van der Waals surface area (Å²) in [5.74, 6) is 0. The zero-order valence-corrected chi connectivity index (χ0v) is 15.2. The van der Waals surface area contributed by atoms with Crippen molar-refractivity contribution in [2.75, 3.05) is 5.32 Å². The number of benzene rings is 2. The van der Waals surface area contributed by atoms with E-state index in [1.165, 1.54) is 21.6 Å². The van der Waals surface area contributed by atoms with Crippen LogP contribution in [0.2, 0.25) is 0 Å².